The smallest absolute Gasteiger partial charge is 0.327 e. The number of nitrogens with zero attached hydrogens (tertiary/aromatic N) is 2. The number of aliphatic carboxylic acids is 1. The standard InChI is InChI=1S/C16H19N3O4S.C6H15N/c1-16(2)11(15(22)23)19-13(21)10(14(19)24-16)18-12(20)9(17)8-6-4-3-5-7-8;1-4-7(5-2)6-3/h3-7,9-11,14H,17H2,1-2H3,(H,18,20)(H,22,23);4-6H2,1-3H3/t9-,10-,11+,14-;/m1./s1. The lowest BCUT2D eigenvalue weighted by atomic mass is 9.95. The fourth-order valence-corrected chi connectivity index (χ4v) is 5.50. The number of carboxylic acids is 1. The van der Waals surface area contributed by atoms with Gasteiger partial charge in [-0.1, -0.05) is 51.1 Å². The third-order valence-corrected chi connectivity index (χ3v) is 7.33. The van der Waals surface area contributed by atoms with E-state index >= 15 is 0 Å². The van der Waals surface area contributed by atoms with E-state index in [0.717, 1.165) is 0 Å². The Morgan fingerprint density at radius 2 is 1.74 bits per heavy atom. The van der Waals surface area contributed by atoms with Crippen LogP contribution in [0.15, 0.2) is 30.3 Å². The molecule has 8 nitrogen and oxygen atoms in total. The van der Waals surface area contributed by atoms with Gasteiger partial charge in [0.15, 0.2) is 0 Å². The molecular weight excluding hydrogens is 416 g/mol. The highest BCUT2D eigenvalue weighted by Gasteiger charge is 2.64. The van der Waals surface area contributed by atoms with E-state index in [1.54, 1.807) is 38.1 Å². The molecule has 1 aromatic carbocycles. The number of fused-ring (bicyclic) bond motifs is 1. The molecule has 0 aliphatic carbocycles. The third kappa shape index (κ3) is 5.39. The summed E-state index contributed by atoms with van der Waals surface area (Å²) in [6, 6.07) is 6.38. The number of carbonyl (C=O) groups excluding carboxylic acids is 2. The van der Waals surface area contributed by atoms with Gasteiger partial charge in [-0.05, 0) is 39.0 Å². The van der Waals surface area contributed by atoms with Crippen LogP contribution in [0.5, 0.6) is 0 Å². The fraction of sp³-hybridized carbons (Fsp3) is 0.591. The number of rotatable bonds is 7. The monoisotopic (exact) mass is 450 g/mol. The van der Waals surface area contributed by atoms with Crippen molar-refractivity contribution in [2.45, 2.75) is 62.9 Å². The number of thioether (sulfide) groups is 1. The minimum Gasteiger partial charge on any atom is -0.480 e. The van der Waals surface area contributed by atoms with Gasteiger partial charge in [-0.25, -0.2) is 4.79 Å². The Balaban J connectivity index is 0.000000423. The highest BCUT2D eigenvalue weighted by molar-refractivity contribution is 8.01. The van der Waals surface area contributed by atoms with E-state index in [2.05, 4.69) is 31.0 Å². The van der Waals surface area contributed by atoms with Crippen LogP contribution < -0.4 is 11.1 Å². The molecule has 2 heterocycles. The maximum absolute atomic E-state index is 12.3. The first-order chi connectivity index (χ1) is 14.6. The number of nitrogens with one attached hydrogen (secondary N) is 1. The Labute approximate surface area is 188 Å². The maximum Gasteiger partial charge on any atom is 0.327 e. The molecule has 1 aromatic rings. The second kappa shape index (κ2) is 10.5. The quantitative estimate of drug-likeness (QED) is 0.541. The van der Waals surface area contributed by atoms with Gasteiger partial charge in [0.05, 0.1) is 0 Å². The van der Waals surface area contributed by atoms with E-state index in [9.17, 15) is 19.5 Å². The van der Waals surface area contributed by atoms with Crippen molar-refractivity contribution in [3.05, 3.63) is 35.9 Å². The van der Waals surface area contributed by atoms with Crippen molar-refractivity contribution < 1.29 is 19.5 Å². The molecule has 3 rings (SSSR count). The second-order valence-corrected chi connectivity index (χ2v) is 9.86. The predicted molar refractivity (Wildman–Crippen MR) is 122 cm³/mol. The van der Waals surface area contributed by atoms with Gasteiger partial charge < -0.3 is 26.0 Å². The van der Waals surface area contributed by atoms with Crippen LogP contribution in [-0.2, 0) is 14.4 Å². The van der Waals surface area contributed by atoms with Crippen molar-refractivity contribution in [3.63, 3.8) is 0 Å². The summed E-state index contributed by atoms with van der Waals surface area (Å²) in [7, 11) is 0. The summed E-state index contributed by atoms with van der Waals surface area (Å²) >= 11 is 1.38. The van der Waals surface area contributed by atoms with E-state index in [4.69, 9.17) is 5.73 Å². The van der Waals surface area contributed by atoms with Crippen molar-refractivity contribution in [3.8, 4) is 0 Å². The largest absolute Gasteiger partial charge is 0.480 e. The molecule has 172 valence electrons. The summed E-state index contributed by atoms with van der Waals surface area (Å²) < 4.78 is -0.618. The van der Waals surface area contributed by atoms with Crippen LogP contribution in [0.25, 0.3) is 0 Å². The zero-order valence-corrected chi connectivity index (χ0v) is 19.7. The summed E-state index contributed by atoms with van der Waals surface area (Å²) in [4.78, 5) is 39.8. The van der Waals surface area contributed by atoms with Gasteiger partial charge in [-0.2, -0.15) is 0 Å². The number of carboxylic acid groups (broad SMARTS) is 1. The van der Waals surface area contributed by atoms with Crippen molar-refractivity contribution in [2.24, 2.45) is 5.73 Å². The molecule has 2 aliphatic rings. The molecule has 2 saturated heterocycles. The molecular formula is C22H34N4O4S. The number of hydrogen-bond acceptors (Lipinski definition) is 6. The van der Waals surface area contributed by atoms with E-state index in [1.807, 2.05) is 6.07 Å². The number of benzene rings is 1. The van der Waals surface area contributed by atoms with Crippen LogP contribution >= 0.6 is 11.8 Å². The number of β-lactam (4-membered cyclic amide) rings is 1. The number of amides is 2. The predicted octanol–water partition coefficient (Wildman–Crippen LogP) is 1.67. The van der Waals surface area contributed by atoms with Crippen LogP contribution in [0, 0.1) is 0 Å². The lowest BCUT2D eigenvalue weighted by Crippen LogP contribution is -2.71. The first-order valence-corrected chi connectivity index (χ1v) is 11.5. The van der Waals surface area contributed by atoms with Gasteiger partial charge in [0.25, 0.3) is 0 Å². The van der Waals surface area contributed by atoms with Gasteiger partial charge in [0.1, 0.15) is 23.5 Å². The summed E-state index contributed by atoms with van der Waals surface area (Å²) in [5, 5.41) is 11.7. The molecule has 0 spiro atoms. The van der Waals surface area contributed by atoms with Crippen LogP contribution in [0.4, 0.5) is 0 Å². The topological polar surface area (TPSA) is 116 Å². The molecule has 0 radical (unpaired) electrons. The maximum atomic E-state index is 12.3. The molecule has 4 atom stereocenters. The first-order valence-electron chi connectivity index (χ1n) is 10.6. The molecule has 31 heavy (non-hydrogen) atoms. The second-order valence-electron chi connectivity index (χ2n) is 8.09. The number of carbonyl (C=O) groups is 3. The SMILES string of the molecule is CC1(C)S[C@@H]2[C@H](NC(=O)[C@H](N)c3ccccc3)C(=O)N2[C@H]1C(=O)O.CCN(CC)CC. The average Bonchev–Trinajstić information content (AvgIpc) is 3.01. The van der Waals surface area contributed by atoms with E-state index in [1.165, 1.54) is 36.3 Å². The van der Waals surface area contributed by atoms with Gasteiger partial charge in [-0.15, -0.1) is 11.8 Å². The van der Waals surface area contributed by atoms with Gasteiger partial charge >= 0.3 is 5.97 Å². The number of hydrogen-bond donors (Lipinski definition) is 3. The molecule has 0 saturated carbocycles. The Bertz CT molecular complexity index is 779. The molecule has 2 aliphatic heterocycles. The molecule has 9 heteroatoms. The molecule has 2 amide bonds. The molecule has 4 N–H and O–H groups in total. The van der Waals surface area contributed by atoms with Crippen LogP contribution in [0.2, 0.25) is 0 Å². The average molecular weight is 451 g/mol. The van der Waals surface area contributed by atoms with Crippen molar-refractivity contribution in [1.82, 2.24) is 15.1 Å². The highest BCUT2D eigenvalue weighted by Crippen LogP contribution is 2.50. The third-order valence-electron chi connectivity index (χ3n) is 5.76. The minimum atomic E-state index is -1.03. The lowest BCUT2D eigenvalue weighted by molar-refractivity contribution is -0.161. The zero-order valence-electron chi connectivity index (χ0n) is 18.9. The normalized spacial score (nSPS) is 24.5. The first kappa shape index (κ1) is 25.2. The van der Waals surface area contributed by atoms with Crippen LogP contribution in [0.3, 0.4) is 0 Å². The molecule has 2 fully saturated rings. The van der Waals surface area contributed by atoms with E-state index in [-0.39, 0.29) is 11.3 Å². The Morgan fingerprint density at radius 3 is 2.19 bits per heavy atom. The number of nitrogens with two attached hydrogens (primary N) is 1. The Hall–Kier alpha value is -2.10. The van der Waals surface area contributed by atoms with E-state index < -0.39 is 34.7 Å². The van der Waals surface area contributed by atoms with Gasteiger partial charge in [-0.3, -0.25) is 9.59 Å². The van der Waals surface area contributed by atoms with Crippen molar-refractivity contribution in [2.75, 3.05) is 19.6 Å². The summed E-state index contributed by atoms with van der Waals surface area (Å²) in [6.07, 6.45) is 0. The summed E-state index contributed by atoms with van der Waals surface area (Å²) in [5.41, 5.74) is 6.59. The lowest BCUT2D eigenvalue weighted by Gasteiger charge is -2.43. The van der Waals surface area contributed by atoms with Crippen molar-refractivity contribution >= 4 is 29.5 Å². The van der Waals surface area contributed by atoms with Crippen LogP contribution in [-0.4, -0.2) is 74.5 Å². The highest BCUT2D eigenvalue weighted by atomic mass is 32.2. The Morgan fingerprint density at radius 1 is 1.19 bits per heavy atom. The fourth-order valence-electron chi connectivity index (χ4n) is 3.87. The summed E-state index contributed by atoms with van der Waals surface area (Å²) in [6.45, 7) is 13.7. The zero-order chi connectivity index (χ0) is 23.3. The van der Waals surface area contributed by atoms with Gasteiger partial charge in [0, 0.05) is 4.75 Å². The van der Waals surface area contributed by atoms with Crippen molar-refractivity contribution in [1.29, 1.82) is 0 Å². The molecule has 0 unspecified atom stereocenters. The molecule has 0 aromatic heterocycles. The minimum absolute atomic E-state index is 0.375. The molecule has 0 bridgehead atoms. The van der Waals surface area contributed by atoms with Crippen LogP contribution in [0.1, 0.15) is 46.2 Å². The Kier molecular flexibility index (Phi) is 8.50. The summed E-state index contributed by atoms with van der Waals surface area (Å²) in [5.74, 6) is -1.86. The van der Waals surface area contributed by atoms with Gasteiger partial charge in [0.2, 0.25) is 11.8 Å². The van der Waals surface area contributed by atoms with E-state index in [0.29, 0.717) is 5.56 Å².